The lowest BCUT2D eigenvalue weighted by Crippen LogP contribution is -2.32. The lowest BCUT2D eigenvalue weighted by Gasteiger charge is -2.22. The van der Waals surface area contributed by atoms with E-state index in [4.69, 9.17) is 4.74 Å². The summed E-state index contributed by atoms with van der Waals surface area (Å²) in [5.74, 6) is 0. The molecule has 0 aliphatic rings. The van der Waals surface area contributed by atoms with E-state index in [-0.39, 0.29) is 12.7 Å². The molecule has 3 nitrogen and oxygen atoms in total. The Morgan fingerprint density at radius 1 is 1.04 bits per heavy atom. The molecule has 0 spiro atoms. The Balaban J connectivity index is 2.00. The first-order valence-electron chi connectivity index (χ1n) is 7.08. The normalized spacial score (nSPS) is 10.2. The van der Waals surface area contributed by atoms with Crippen LogP contribution in [0.25, 0.3) is 0 Å². The number of amides is 1. The molecule has 5 heteroatoms. The Bertz CT molecular complexity index is 656. The number of halogens is 2. The molecule has 0 unspecified atom stereocenters. The number of carbonyl (C=O) groups excluding carboxylic acids is 1. The summed E-state index contributed by atoms with van der Waals surface area (Å²) in [6, 6.07) is 17.5. The van der Waals surface area contributed by atoms with Gasteiger partial charge in [-0.2, -0.15) is 0 Å². The number of benzene rings is 2. The highest BCUT2D eigenvalue weighted by Gasteiger charge is 2.16. The summed E-state index contributed by atoms with van der Waals surface area (Å²) in [6.07, 6.45) is -0.364. The molecule has 0 atom stereocenters. The molecule has 0 saturated carbocycles. The maximum atomic E-state index is 12.4. The van der Waals surface area contributed by atoms with Crippen molar-refractivity contribution in [2.75, 3.05) is 6.54 Å². The van der Waals surface area contributed by atoms with Gasteiger partial charge in [0.05, 0.1) is 6.54 Å². The lowest BCUT2D eigenvalue weighted by atomic mass is 10.2. The summed E-state index contributed by atoms with van der Waals surface area (Å²) in [4.78, 5) is 14.0. The Hall–Kier alpha value is -1.59. The molecule has 0 saturated heterocycles. The fourth-order valence-electron chi connectivity index (χ4n) is 2.01. The molecule has 0 aliphatic heterocycles. The van der Waals surface area contributed by atoms with E-state index in [1.54, 1.807) is 4.90 Å². The fraction of sp³-hybridized carbons (Fsp3) is 0.167. The van der Waals surface area contributed by atoms with Gasteiger partial charge in [0.15, 0.2) is 0 Å². The van der Waals surface area contributed by atoms with E-state index in [2.05, 4.69) is 38.4 Å². The molecule has 2 rings (SSSR count). The predicted molar refractivity (Wildman–Crippen MR) is 99.2 cm³/mol. The van der Waals surface area contributed by atoms with Crippen molar-refractivity contribution >= 4 is 38.0 Å². The van der Waals surface area contributed by atoms with E-state index in [1.807, 2.05) is 54.6 Å². The van der Waals surface area contributed by atoms with Crippen LogP contribution in [0.4, 0.5) is 4.79 Å². The summed E-state index contributed by atoms with van der Waals surface area (Å²) < 4.78 is 7.13. The van der Waals surface area contributed by atoms with Crippen molar-refractivity contribution in [2.24, 2.45) is 0 Å². The highest BCUT2D eigenvalue weighted by atomic mass is 79.9. The number of rotatable bonds is 6. The molecule has 2 aromatic rings. The zero-order valence-electron chi connectivity index (χ0n) is 12.5. The van der Waals surface area contributed by atoms with Crippen molar-refractivity contribution < 1.29 is 9.53 Å². The van der Waals surface area contributed by atoms with Gasteiger partial charge in [-0.05, 0) is 23.3 Å². The van der Waals surface area contributed by atoms with Gasteiger partial charge in [0.25, 0.3) is 0 Å². The van der Waals surface area contributed by atoms with Crippen LogP contribution in [-0.2, 0) is 17.9 Å². The molecule has 23 heavy (non-hydrogen) atoms. The van der Waals surface area contributed by atoms with Crippen molar-refractivity contribution in [2.45, 2.75) is 13.2 Å². The first-order chi connectivity index (χ1) is 11.0. The van der Waals surface area contributed by atoms with Gasteiger partial charge in [-0.1, -0.05) is 80.9 Å². The van der Waals surface area contributed by atoms with Crippen LogP contribution in [-0.4, -0.2) is 17.5 Å². The lowest BCUT2D eigenvalue weighted by molar-refractivity contribution is 0.0976. The number of hydrogen-bond acceptors (Lipinski definition) is 2. The highest BCUT2D eigenvalue weighted by Crippen LogP contribution is 2.15. The van der Waals surface area contributed by atoms with Gasteiger partial charge < -0.3 is 4.74 Å². The molecule has 0 heterocycles. The minimum atomic E-state index is -0.364. The number of nitrogens with zero attached hydrogens (tertiary/aromatic N) is 1. The zero-order valence-corrected chi connectivity index (χ0v) is 15.7. The van der Waals surface area contributed by atoms with Crippen molar-refractivity contribution in [3.05, 3.63) is 81.3 Å². The summed E-state index contributed by atoms with van der Waals surface area (Å²) in [5.41, 5.74) is 1.99. The van der Waals surface area contributed by atoms with Gasteiger partial charge in [-0.3, -0.25) is 4.90 Å². The first kappa shape index (κ1) is 17.8. The smallest absolute Gasteiger partial charge is 0.410 e. The molecule has 0 N–H and O–H groups in total. The van der Waals surface area contributed by atoms with Gasteiger partial charge >= 0.3 is 6.09 Å². The Labute approximate surface area is 153 Å². The zero-order chi connectivity index (χ0) is 16.7. The summed E-state index contributed by atoms with van der Waals surface area (Å²) in [6.45, 7) is 4.92. The van der Waals surface area contributed by atoms with Gasteiger partial charge in [0.1, 0.15) is 6.61 Å². The standard InChI is InChI=1S/C18H17Br2NO2/c1-14(19)11-21(12-15-7-9-17(20)10-8-15)18(22)23-13-16-5-3-2-4-6-16/h2-10H,1,11-13H2. The van der Waals surface area contributed by atoms with Crippen LogP contribution in [0.1, 0.15) is 11.1 Å². The SMILES string of the molecule is C=C(Br)CN(Cc1ccc(Br)cc1)C(=O)OCc1ccccc1. The van der Waals surface area contributed by atoms with Crippen LogP contribution in [0.2, 0.25) is 0 Å². The van der Waals surface area contributed by atoms with E-state index in [0.29, 0.717) is 13.1 Å². The van der Waals surface area contributed by atoms with Gasteiger partial charge in [-0.25, -0.2) is 4.79 Å². The van der Waals surface area contributed by atoms with Crippen LogP contribution in [0.3, 0.4) is 0 Å². The summed E-state index contributed by atoms with van der Waals surface area (Å²) >= 11 is 6.72. The second-order valence-electron chi connectivity index (χ2n) is 5.04. The topological polar surface area (TPSA) is 29.5 Å². The molecular weight excluding hydrogens is 422 g/mol. The third-order valence-corrected chi connectivity index (χ3v) is 3.89. The predicted octanol–water partition coefficient (Wildman–Crippen LogP) is 5.50. The van der Waals surface area contributed by atoms with Crippen LogP contribution < -0.4 is 0 Å². The molecule has 0 bridgehead atoms. The molecular formula is C18H17Br2NO2. The molecule has 0 aromatic heterocycles. The van der Waals surface area contributed by atoms with E-state index in [1.165, 1.54) is 0 Å². The molecule has 0 aliphatic carbocycles. The van der Waals surface area contributed by atoms with Crippen molar-refractivity contribution in [3.63, 3.8) is 0 Å². The van der Waals surface area contributed by atoms with Crippen molar-refractivity contribution in [1.82, 2.24) is 4.90 Å². The Morgan fingerprint density at radius 3 is 2.30 bits per heavy atom. The van der Waals surface area contributed by atoms with Gasteiger partial charge in [0, 0.05) is 15.5 Å². The highest BCUT2D eigenvalue weighted by molar-refractivity contribution is 9.11. The van der Waals surface area contributed by atoms with E-state index >= 15 is 0 Å². The number of hydrogen-bond donors (Lipinski definition) is 0. The van der Waals surface area contributed by atoms with Crippen molar-refractivity contribution in [1.29, 1.82) is 0 Å². The second kappa shape index (κ2) is 8.89. The third kappa shape index (κ3) is 6.20. The minimum Gasteiger partial charge on any atom is -0.445 e. The third-order valence-electron chi connectivity index (χ3n) is 3.11. The molecule has 2 aromatic carbocycles. The summed E-state index contributed by atoms with van der Waals surface area (Å²) in [7, 11) is 0. The molecule has 0 fully saturated rings. The Morgan fingerprint density at radius 2 is 1.70 bits per heavy atom. The summed E-state index contributed by atoms with van der Waals surface area (Å²) in [5, 5.41) is 0. The maximum Gasteiger partial charge on any atom is 0.410 e. The van der Waals surface area contributed by atoms with Gasteiger partial charge in [0.2, 0.25) is 0 Å². The quantitative estimate of drug-likeness (QED) is 0.596. The van der Waals surface area contributed by atoms with Crippen LogP contribution in [0, 0.1) is 0 Å². The fourth-order valence-corrected chi connectivity index (χ4v) is 2.58. The second-order valence-corrected chi connectivity index (χ2v) is 7.08. The van der Waals surface area contributed by atoms with E-state index < -0.39 is 0 Å². The first-order valence-corrected chi connectivity index (χ1v) is 8.66. The monoisotopic (exact) mass is 437 g/mol. The van der Waals surface area contributed by atoms with E-state index in [9.17, 15) is 4.79 Å². The van der Waals surface area contributed by atoms with Crippen LogP contribution >= 0.6 is 31.9 Å². The van der Waals surface area contributed by atoms with Crippen LogP contribution in [0.5, 0.6) is 0 Å². The van der Waals surface area contributed by atoms with Crippen molar-refractivity contribution in [3.8, 4) is 0 Å². The molecule has 120 valence electrons. The van der Waals surface area contributed by atoms with Gasteiger partial charge in [-0.15, -0.1) is 0 Å². The average molecular weight is 439 g/mol. The minimum absolute atomic E-state index is 0.255. The number of carbonyl (C=O) groups is 1. The Kier molecular flexibility index (Phi) is 6.86. The van der Waals surface area contributed by atoms with Crippen LogP contribution in [0.15, 0.2) is 70.1 Å². The average Bonchev–Trinajstić information content (AvgIpc) is 2.54. The molecule has 0 radical (unpaired) electrons. The largest absolute Gasteiger partial charge is 0.445 e. The molecule has 1 amide bonds. The number of ether oxygens (including phenoxy) is 1. The van der Waals surface area contributed by atoms with E-state index in [0.717, 1.165) is 20.1 Å². The maximum absolute atomic E-state index is 12.4.